The summed E-state index contributed by atoms with van der Waals surface area (Å²) < 4.78 is 2.00. The molecule has 0 aliphatic carbocycles. The Bertz CT molecular complexity index is 1260. The Kier molecular flexibility index (Phi) is 6.66. The lowest BCUT2D eigenvalue weighted by Crippen LogP contribution is -2.24. The summed E-state index contributed by atoms with van der Waals surface area (Å²) in [6.45, 7) is 9.01. The van der Waals surface area contributed by atoms with Gasteiger partial charge >= 0.3 is 0 Å². The Morgan fingerprint density at radius 1 is 1.16 bits per heavy atom. The van der Waals surface area contributed by atoms with E-state index in [1.54, 1.807) is 0 Å². The molecular formula is C25H25N5OS. The summed E-state index contributed by atoms with van der Waals surface area (Å²) in [5.74, 6) is 0.993. The Morgan fingerprint density at radius 3 is 2.69 bits per heavy atom. The smallest absolute Gasteiger partial charge is 0.230 e. The lowest BCUT2D eigenvalue weighted by molar-refractivity contribution is -0.118. The van der Waals surface area contributed by atoms with Gasteiger partial charge in [0.2, 0.25) is 5.91 Å². The molecule has 2 aromatic heterocycles. The van der Waals surface area contributed by atoms with Gasteiger partial charge in [0.1, 0.15) is 0 Å². The molecule has 4 rings (SSSR count). The van der Waals surface area contributed by atoms with Crippen LogP contribution in [0, 0.1) is 6.92 Å². The number of aromatic nitrogens is 4. The predicted octanol–water partition coefficient (Wildman–Crippen LogP) is 4.88. The average Bonchev–Trinajstić information content (AvgIpc) is 3.20. The summed E-state index contributed by atoms with van der Waals surface area (Å²) in [6, 6.07) is 18.4. The molecule has 2 aromatic carbocycles. The fraction of sp³-hybridized carbons (Fsp3) is 0.200. The Hall–Kier alpha value is -3.45. The van der Waals surface area contributed by atoms with Gasteiger partial charge in [-0.2, -0.15) is 0 Å². The van der Waals surface area contributed by atoms with Gasteiger partial charge in [0.05, 0.1) is 17.0 Å². The number of carbonyl (C=O) groups excluding carboxylic acids is 1. The van der Waals surface area contributed by atoms with E-state index >= 15 is 0 Å². The normalized spacial score (nSPS) is 10.9. The van der Waals surface area contributed by atoms with Gasteiger partial charge in [-0.25, -0.2) is 4.98 Å². The lowest BCUT2D eigenvalue weighted by Gasteiger charge is -2.12. The van der Waals surface area contributed by atoms with Crippen molar-refractivity contribution in [2.45, 2.75) is 25.5 Å². The second-order valence-corrected chi connectivity index (χ2v) is 8.33. The number of hydrogen-bond donors (Lipinski definition) is 1. The number of pyridine rings is 1. The maximum atomic E-state index is 11.9. The summed E-state index contributed by atoms with van der Waals surface area (Å²) in [5, 5.41) is 13.4. The van der Waals surface area contributed by atoms with E-state index in [1.807, 2.05) is 41.8 Å². The van der Waals surface area contributed by atoms with E-state index in [0.29, 0.717) is 18.2 Å². The van der Waals surface area contributed by atoms with Crippen molar-refractivity contribution in [3.63, 3.8) is 0 Å². The third-order valence-electron chi connectivity index (χ3n) is 5.04. The predicted molar refractivity (Wildman–Crippen MR) is 131 cm³/mol. The molecule has 6 nitrogen and oxygen atoms in total. The van der Waals surface area contributed by atoms with Crippen molar-refractivity contribution in [3.05, 3.63) is 72.8 Å². The molecular weight excluding hydrogens is 418 g/mol. The van der Waals surface area contributed by atoms with Crippen LogP contribution >= 0.6 is 11.8 Å². The van der Waals surface area contributed by atoms with Crippen LogP contribution in [0.15, 0.2) is 72.4 Å². The van der Waals surface area contributed by atoms with Gasteiger partial charge in [0.15, 0.2) is 11.0 Å². The van der Waals surface area contributed by atoms with E-state index in [-0.39, 0.29) is 11.7 Å². The number of hydrogen-bond acceptors (Lipinski definition) is 5. The molecule has 4 aromatic rings. The topological polar surface area (TPSA) is 72.7 Å². The molecule has 0 fully saturated rings. The summed E-state index contributed by atoms with van der Waals surface area (Å²) in [7, 11) is 0. The number of fused-ring (bicyclic) bond motifs is 1. The number of rotatable bonds is 8. The minimum Gasteiger partial charge on any atom is -0.356 e. The number of nitrogens with one attached hydrogen (secondary N) is 1. The zero-order chi connectivity index (χ0) is 22.5. The van der Waals surface area contributed by atoms with Crippen molar-refractivity contribution in [2.24, 2.45) is 0 Å². The molecule has 162 valence electrons. The first kappa shape index (κ1) is 21.8. The maximum Gasteiger partial charge on any atom is 0.230 e. The molecule has 0 spiro atoms. The van der Waals surface area contributed by atoms with Gasteiger partial charge in [-0.3, -0.25) is 9.36 Å². The summed E-state index contributed by atoms with van der Waals surface area (Å²) in [6.07, 6.45) is 1.81. The SMILES string of the molecule is C=CCn1c(SCC(=O)NCC)nnc1-c1cc(-c2ccc(C)cc2)nc2ccccc12. The summed E-state index contributed by atoms with van der Waals surface area (Å²) >= 11 is 1.37. The molecule has 0 saturated carbocycles. The highest BCUT2D eigenvalue weighted by Crippen LogP contribution is 2.33. The number of allylic oxidation sites excluding steroid dienone is 1. The zero-order valence-corrected chi connectivity index (χ0v) is 19.0. The number of benzene rings is 2. The van der Waals surface area contributed by atoms with Gasteiger partial charge < -0.3 is 5.32 Å². The Balaban J connectivity index is 1.82. The van der Waals surface area contributed by atoms with E-state index < -0.39 is 0 Å². The maximum absolute atomic E-state index is 11.9. The number of amides is 1. The first-order valence-corrected chi connectivity index (χ1v) is 11.5. The quantitative estimate of drug-likeness (QED) is 0.310. The van der Waals surface area contributed by atoms with Crippen LogP contribution in [0.3, 0.4) is 0 Å². The van der Waals surface area contributed by atoms with Crippen LogP contribution in [0.5, 0.6) is 0 Å². The molecule has 2 heterocycles. The van der Waals surface area contributed by atoms with Crippen molar-refractivity contribution in [1.29, 1.82) is 0 Å². The van der Waals surface area contributed by atoms with Crippen LogP contribution in [0.2, 0.25) is 0 Å². The van der Waals surface area contributed by atoms with E-state index in [0.717, 1.165) is 33.5 Å². The van der Waals surface area contributed by atoms with Crippen LogP contribution < -0.4 is 5.32 Å². The number of carbonyl (C=O) groups is 1. The zero-order valence-electron chi connectivity index (χ0n) is 18.2. The molecule has 0 radical (unpaired) electrons. The minimum absolute atomic E-state index is 0.0248. The molecule has 7 heteroatoms. The standard InChI is InChI=1S/C25H25N5OS/c1-4-14-30-24(28-29-25(30)32-16-23(31)26-5-2)20-15-22(18-12-10-17(3)11-13-18)27-21-9-7-6-8-19(20)21/h4,6-13,15H,1,5,14,16H2,2-3H3,(H,26,31). The number of thioether (sulfide) groups is 1. The molecule has 0 aliphatic heterocycles. The van der Waals surface area contributed by atoms with Crippen molar-refractivity contribution < 1.29 is 4.79 Å². The second-order valence-electron chi connectivity index (χ2n) is 7.39. The largest absolute Gasteiger partial charge is 0.356 e. The van der Waals surface area contributed by atoms with Crippen LogP contribution in [-0.4, -0.2) is 38.0 Å². The first-order chi connectivity index (χ1) is 15.6. The van der Waals surface area contributed by atoms with E-state index in [1.165, 1.54) is 17.3 Å². The van der Waals surface area contributed by atoms with Crippen molar-refractivity contribution in [2.75, 3.05) is 12.3 Å². The van der Waals surface area contributed by atoms with Crippen molar-refractivity contribution in [1.82, 2.24) is 25.1 Å². The van der Waals surface area contributed by atoms with Gasteiger partial charge in [0.25, 0.3) is 0 Å². The van der Waals surface area contributed by atoms with E-state index in [4.69, 9.17) is 4.98 Å². The first-order valence-electron chi connectivity index (χ1n) is 10.5. The molecule has 0 atom stereocenters. The summed E-state index contributed by atoms with van der Waals surface area (Å²) in [4.78, 5) is 16.8. The summed E-state index contributed by atoms with van der Waals surface area (Å²) in [5.41, 5.74) is 4.97. The van der Waals surface area contributed by atoms with Gasteiger partial charge in [-0.1, -0.05) is 65.9 Å². The van der Waals surface area contributed by atoms with E-state index in [9.17, 15) is 4.79 Å². The van der Waals surface area contributed by atoms with Crippen LogP contribution in [0.25, 0.3) is 33.5 Å². The minimum atomic E-state index is -0.0248. The highest BCUT2D eigenvalue weighted by Gasteiger charge is 2.18. The molecule has 0 saturated heterocycles. The highest BCUT2D eigenvalue weighted by molar-refractivity contribution is 7.99. The molecule has 1 N–H and O–H groups in total. The molecule has 1 amide bonds. The molecule has 32 heavy (non-hydrogen) atoms. The number of aryl methyl sites for hydroxylation is 1. The van der Waals surface area contributed by atoms with Gasteiger partial charge in [0, 0.05) is 29.6 Å². The highest BCUT2D eigenvalue weighted by atomic mass is 32.2. The van der Waals surface area contributed by atoms with Crippen LogP contribution in [0.1, 0.15) is 12.5 Å². The molecule has 0 unspecified atom stereocenters. The molecule has 0 aliphatic rings. The van der Waals surface area contributed by atoms with Gasteiger partial charge in [-0.05, 0) is 26.0 Å². The Labute approximate surface area is 191 Å². The van der Waals surface area contributed by atoms with Crippen molar-refractivity contribution >= 4 is 28.6 Å². The number of nitrogens with zero attached hydrogens (tertiary/aromatic N) is 4. The van der Waals surface area contributed by atoms with Crippen LogP contribution in [0.4, 0.5) is 0 Å². The molecule has 0 bridgehead atoms. The number of para-hydroxylation sites is 1. The second kappa shape index (κ2) is 9.78. The third-order valence-corrected chi connectivity index (χ3v) is 6.01. The monoisotopic (exact) mass is 443 g/mol. The van der Waals surface area contributed by atoms with Crippen LogP contribution in [-0.2, 0) is 11.3 Å². The average molecular weight is 444 g/mol. The van der Waals surface area contributed by atoms with Gasteiger partial charge in [-0.15, -0.1) is 16.8 Å². The van der Waals surface area contributed by atoms with Crippen molar-refractivity contribution in [3.8, 4) is 22.6 Å². The third kappa shape index (κ3) is 4.57. The Morgan fingerprint density at radius 2 is 1.94 bits per heavy atom. The van der Waals surface area contributed by atoms with E-state index in [2.05, 4.69) is 59.3 Å². The lowest BCUT2D eigenvalue weighted by atomic mass is 10.0. The fourth-order valence-corrected chi connectivity index (χ4v) is 4.28. The fourth-order valence-electron chi connectivity index (χ4n) is 3.50.